The molecule has 0 unspecified atom stereocenters. The summed E-state index contributed by atoms with van der Waals surface area (Å²) in [6.07, 6.45) is 0. The molecule has 0 heterocycles. The number of ether oxygens (including phenoxy) is 2. The molecule has 38 heavy (non-hydrogen) atoms. The van der Waals surface area contributed by atoms with Gasteiger partial charge < -0.3 is 19.7 Å². The summed E-state index contributed by atoms with van der Waals surface area (Å²) in [5, 5.41) is 18.8. The van der Waals surface area contributed by atoms with Gasteiger partial charge in [0.15, 0.2) is 0 Å². The molecule has 0 radical (unpaired) electrons. The number of hydrogen-bond acceptors (Lipinski definition) is 6. The summed E-state index contributed by atoms with van der Waals surface area (Å²) in [5.41, 5.74) is 4.44. The van der Waals surface area contributed by atoms with Crippen LogP contribution in [0.15, 0.2) is 97.1 Å². The van der Waals surface area contributed by atoms with Crippen molar-refractivity contribution in [2.24, 2.45) is 0 Å². The SMILES string of the molecule is O=COc1ccc(/C(=C(\c2ccc(OC=O)cc2)c2ccc(C(=O)O)cc2)c2ccc(C(=O)O)cc2)cc1. The lowest BCUT2D eigenvalue weighted by atomic mass is 9.85. The summed E-state index contributed by atoms with van der Waals surface area (Å²) in [5.74, 6) is -1.44. The van der Waals surface area contributed by atoms with E-state index in [1.54, 1.807) is 72.8 Å². The summed E-state index contributed by atoms with van der Waals surface area (Å²) in [6, 6.07) is 26.3. The van der Waals surface area contributed by atoms with Gasteiger partial charge >= 0.3 is 11.9 Å². The van der Waals surface area contributed by atoms with E-state index in [9.17, 15) is 29.4 Å². The molecule has 0 atom stereocenters. The molecule has 0 bridgehead atoms. The van der Waals surface area contributed by atoms with Gasteiger partial charge in [0.25, 0.3) is 12.9 Å². The number of carboxylic acid groups (broad SMARTS) is 2. The number of rotatable bonds is 10. The maximum absolute atomic E-state index is 11.5. The molecule has 0 saturated carbocycles. The lowest BCUT2D eigenvalue weighted by molar-refractivity contribution is -0.121. The molecule has 4 rings (SSSR count). The van der Waals surface area contributed by atoms with E-state index < -0.39 is 11.9 Å². The van der Waals surface area contributed by atoms with Crippen molar-refractivity contribution in [3.8, 4) is 11.5 Å². The molecule has 8 nitrogen and oxygen atoms in total. The normalized spacial score (nSPS) is 11.2. The topological polar surface area (TPSA) is 127 Å². The summed E-state index contributed by atoms with van der Waals surface area (Å²) < 4.78 is 9.86. The average Bonchev–Trinajstić information content (AvgIpc) is 2.93. The Balaban J connectivity index is 2.02. The molecule has 4 aromatic rings. The van der Waals surface area contributed by atoms with Gasteiger partial charge in [-0.1, -0.05) is 48.5 Å². The zero-order valence-corrected chi connectivity index (χ0v) is 19.7. The van der Waals surface area contributed by atoms with E-state index in [-0.39, 0.29) is 11.1 Å². The minimum absolute atomic E-state index is 0.116. The van der Waals surface area contributed by atoms with Crippen molar-refractivity contribution >= 4 is 36.0 Å². The fraction of sp³-hybridized carbons (Fsp3) is 0. The fourth-order valence-electron chi connectivity index (χ4n) is 3.98. The number of carbonyl (C=O) groups is 4. The van der Waals surface area contributed by atoms with Crippen LogP contribution in [-0.4, -0.2) is 35.1 Å². The van der Waals surface area contributed by atoms with Crippen LogP contribution in [0.3, 0.4) is 0 Å². The first-order chi connectivity index (χ1) is 18.4. The van der Waals surface area contributed by atoms with E-state index in [1.165, 1.54) is 24.3 Å². The third kappa shape index (κ3) is 5.66. The highest BCUT2D eigenvalue weighted by atomic mass is 16.5. The smallest absolute Gasteiger partial charge is 0.335 e. The van der Waals surface area contributed by atoms with Crippen LogP contribution in [0.5, 0.6) is 11.5 Å². The summed E-state index contributed by atoms with van der Waals surface area (Å²) in [6.45, 7) is 0.656. The van der Waals surface area contributed by atoms with E-state index in [1.807, 2.05) is 0 Å². The first-order valence-corrected chi connectivity index (χ1v) is 11.2. The summed E-state index contributed by atoms with van der Waals surface area (Å²) >= 11 is 0. The lowest BCUT2D eigenvalue weighted by Gasteiger charge is -2.19. The molecule has 4 aromatic carbocycles. The van der Waals surface area contributed by atoms with E-state index >= 15 is 0 Å². The highest BCUT2D eigenvalue weighted by molar-refractivity contribution is 6.05. The van der Waals surface area contributed by atoms with Gasteiger partial charge in [0, 0.05) is 0 Å². The fourth-order valence-corrected chi connectivity index (χ4v) is 3.98. The number of benzene rings is 4. The molecular formula is C30H20O8. The third-order valence-electron chi connectivity index (χ3n) is 5.75. The minimum Gasteiger partial charge on any atom is -0.478 e. The Morgan fingerprint density at radius 2 is 0.684 bits per heavy atom. The van der Waals surface area contributed by atoms with Crippen molar-refractivity contribution in [1.29, 1.82) is 0 Å². The largest absolute Gasteiger partial charge is 0.478 e. The number of carbonyl (C=O) groups excluding carboxylic acids is 2. The molecule has 0 amide bonds. The second-order valence-corrected chi connectivity index (χ2v) is 7.99. The number of carboxylic acids is 2. The molecule has 2 N–H and O–H groups in total. The predicted octanol–water partition coefficient (Wildman–Crippen LogP) is 5.16. The Morgan fingerprint density at radius 1 is 0.447 bits per heavy atom. The zero-order valence-electron chi connectivity index (χ0n) is 19.7. The zero-order chi connectivity index (χ0) is 27.1. The van der Waals surface area contributed by atoms with E-state index in [0.29, 0.717) is 46.7 Å². The first kappa shape index (κ1) is 25.6. The molecule has 0 aliphatic rings. The van der Waals surface area contributed by atoms with Crippen LogP contribution in [0.2, 0.25) is 0 Å². The van der Waals surface area contributed by atoms with Crippen molar-refractivity contribution in [2.75, 3.05) is 0 Å². The van der Waals surface area contributed by atoms with Gasteiger partial charge in [0.1, 0.15) is 11.5 Å². The third-order valence-corrected chi connectivity index (χ3v) is 5.75. The molecule has 8 heteroatoms. The maximum Gasteiger partial charge on any atom is 0.335 e. The van der Waals surface area contributed by atoms with Crippen LogP contribution >= 0.6 is 0 Å². The lowest BCUT2D eigenvalue weighted by Crippen LogP contribution is -2.01. The van der Waals surface area contributed by atoms with Crippen LogP contribution in [0, 0.1) is 0 Å². The Hall–Kier alpha value is -5.50. The van der Waals surface area contributed by atoms with Gasteiger partial charge in [-0.05, 0) is 81.9 Å². The van der Waals surface area contributed by atoms with Gasteiger partial charge in [0.2, 0.25) is 0 Å². The molecule has 0 fully saturated rings. The molecule has 0 aliphatic heterocycles. The highest BCUT2D eigenvalue weighted by Gasteiger charge is 2.18. The minimum atomic E-state index is -1.06. The standard InChI is InChI=1S/C30H20O8/c31-17-37-25-13-9-21(10-14-25)27(19-1-5-23(6-2-19)29(33)34)28(20-3-7-24(8-4-20)30(35)36)22-11-15-26(16-12-22)38-18-32/h1-18H,(H,33,34)(H,35,36)/b28-27-. The Kier molecular flexibility index (Phi) is 7.74. The van der Waals surface area contributed by atoms with Crippen molar-refractivity contribution in [1.82, 2.24) is 0 Å². The van der Waals surface area contributed by atoms with Gasteiger partial charge in [0.05, 0.1) is 11.1 Å². The maximum atomic E-state index is 11.5. The van der Waals surface area contributed by atoms with E-state index in [0.717, 1.165) is 11.1 Å². The number of hydrogen-bond donors (Lipinski definition) is 2. The highest BCUT2D eigenvalue weighted by Crippen LogP contribution is 2.38. The van der Waals surface area contributed by atoms with Gasteiger partial charge in [-0.15, -0.1) is 0 Å². The molecule has 0 saturated heterocycles. The molecule has 188 valence electrons. The monoisotopic (exact) mass is 508 g/mol. The van der Waals surface area contributed by atoms with Gasteiger partial charge in [-0.2, -0.15) is 0 Å². The van der Waals surface area contributed by atoms with Crippen molar-refractivity contribution < 1.29 is 38.9 Å². The predicted molar refractivity (Wildman–Crippen MR) is 138 cm³/mol. The van der Waals surface area contributed by atoms with E-state index in [2.05, 4.69) is 0 Å². The van der Waals surface area contributed by atoms with Crippen molar-refractivity contribution in [3.63, 3.8) is 0 Å². The van der Waals surface area contributed by atoms with Crippen LogP contribution in [0.1, 0.15) is 43.0 Å². The van der Waals surface area contributed by atoms with Crippen LogP contribution in [0.4, 0.5) is 0 Å². The first-order valence-electron chi connectivity index (χ1n) is 11.2. The van der Waals surface area contributed by atoms with E-state index in [4.69, 9.17) is 9.47 Å². The second-order valence-electron chi connectivity index (χ2n) is 7.99. The van der Waals surface area contributed by atoms with Gasteiger partial charge in [-0.3, -0.25) is 9.59 Å². The van der Waals surface area contributed by atoms with Crippen LogP contribution < -0.4 is 9.47 Å². The quantitative estimate of drug-likeness (QED) is 0.222. The summed E-state index contributed by atoms with van der Waals surface area (Å²) in [4.78, 5) is 44.5. The molecule has 0 aromatic heterocycles. The van der Waals surface area contributed by atoms with Gasteiger partial charge in [-0.25, -0.2) is 9.59 Å². The van der Waals surface area contributed by atoms with Crippen molar-refractivity contribution in [2.45, 2.75) is 0 Å². The molecule has 0 spiro atoms. The second kappa shape index (κ2) is 11.5. The molecule has 0 aliphatic carbocycles. The van der Waals surface area contributed by atoms with Crippen LogP contribution in [0.25, 0.3) is 11.1 Å². The molecular weight excluding hydrogens is 488 g/mol. The average molecular weight is 508 g/mol. The number of aromatic carboxylic acids is 2. The Labute approximate surface area is 217 Å². The Morgan fingerprint density at radius 3 is 0.921 bits per heavy atom. The Bertz CT molecular complexity index is 1380. The van der Waals surface area contributed by atoms with Crippen LogP contribution in [-0.2, 0) is 9.59 Å². The van der Waals surface area contributed by atoms with Crippen molar-refractivity contribution in [3.05, 3.63) is 130 Å². The summed E-state index contributed by atoms with van der Waals surface area (Å²) in [7, 11) is 0.